The smallest absolute Gasteiger partial charge is 0.292 e. The maximum absolute atomic E-state index is 11.8. The number of hydrogen-bond donors (Lipinski definition) is 3. The number of aliphatic hydroxyl groups is 1. The van der Waals surface area contributed by atoms with E-state index in [2.05, 4.69) is 10.6 Å². The molecule has 0 spiro atoms. The molecule has 21 heavy (non-hydrogen) atoms. The van der Waals surface area contributed by atoms with E-state index < -0.39 is 11.0 Å². The van der Waals surface area contributed by atoms with E-state index >= 15 is 0 Å². The lowest BCUT2D eigenvalue weighted by Crippen LogP contribution is -2.29. The molecule has 1 aromatic carbocycles. The number of amides is 1. The first-order chi connectivity index (χ1) is 10.0. The quantitative estimate of drug-likeness (QED) is 0.482. The van der Waals surface area contributed by atoms with Crippen molar-refractivity contribution in [2.75, 3.05) is 32.2 Å². The van der Waals surface area contributed by atoms with Crippen molar-refractivity contribution in [3.63, 3.8) is 0 Å². The third-order valence-corrected chi connectivity index (χ3v) is 2.74. The van der Waals surface area contributed by atoms with Gasteiger partial charge in [-0.15, -0.1) is 0 Å². The summed E-state index contributed by atoms with van der Waals surface area (Å²) in [7, 11) is 1.46. The molecule has 1 rings (SSSR count). The van der Waals surface area contributed by atoms with E-state index in [1.54, 1.807) is 6.92 Å². The van der Waals surface area contributed by atoms with Crippen LogP contribution in [0, 0.1) is 10.1 Å². The summed E-state index contributed by atoms with van der Waals surface area (Å²) in [6.45, 7) is 2.17. The molecule has 0 aromatic heterocycles. The van der Waals surface area contributed by atoms with Crippen LogP contribution < -0.4 is 10.6 Å². The lowest BCUT2D eigenvalue weighted by Gasteiger charge is -2.17. The highest BCUT2D eigenvalue weighted by Gasteiger charge is 2.19. The highest BCUT2D eigenvalue weighted by atomic mass is 16.6. The number of methoxy groups -OCH3 is 1. The van der Waals surface area contributed by atoms with Crippen LogP contribution >= 0.6 is 0 Å². The molecular weight excluding hydrogens is 278 g/mol. The molecule has 0 bridgehead atoms. The summed E-state index contributed by atoms with van der Waals surface area (Å²) in [4.78, 5) is 22.3. The molecule has 3 N–H and O–H groups in total. The zero-order valence-corrected chi connectivity index (χ0v) is 12.0. The number of carbonyl (C=O) groups is 1. The van der Waals surface area contributed by atoms with Crippen LogP contribution in [0.15, 0.2) is 18.2 Å². The standard InChI is InChI=1S/C13H19N3O5/c1-3-14-13(18)9-4-5-12(16(19)20)11(6-9)15-10(7-17)8-21-2/h4-6,10,15,17H,3,7-8H2,1-2H3,(H,14,18). The number of carbonyl (C=O) groups excluding carboxylic acids is 1. The third-order valence-electron chi connectivity index (χ3n) is 2.74. The molecule has 0 fully saturated rings. The molecule has 116 valence electrons. The molecule has 8 heteroatoms. The number of aliphatic hydroxyl groups excluding tert-OH is 1. The first kappa shape index (κ1) is 16.9. The number of nitro benzene ring substituents is 1. The first-order valence-corrected chi connectivity index (χ1v) is 6.46. The van der Waals surface area contributed by atoms with Crippen molar-refractivity contribution in [1.29, 1.82) is 0 Å². The molecule has 1 atom stereocenters. The highest BCUT2D eigenvalue weighted by molar-refractivity contribution is 5.95. The monoisotopic (exact) mass is 297 g/mol. The summed E-state index contributed by atoms with van der Waals surface area (Å²) in [5.41, 5.74) is 0.302. The van der Waals surface area contributed by atoms with Crippen LogP contribution in [0.2, 0.25) is 0 Å². The number of nitrogens with zero attached hydrogens (tertiary/aromatic N) is 1. The SMILES string of the molecule is CCNC(=O)c1ccc([N+](=O)[O-])c(NC(CO)COC)c1. The first-order valence-electron chi connectivity index (χ1n) is 6.46. The molecule has 1 amide bonds. The number of ether oxygens (including phenoxy) is 1. The second kappa shape index (κ2) is 8.18. The average Bonchev–Trinajstić information content (AvgIpc) is 2.46. The Hall–Kier alpha value is -2.19. The second-order valence-electron chi connectivity index (χ2n) is 4.33. The Morgan fingerprint density at radius 2 is 2.24 bits per heavy atom. The van der Waals surface area contributed by atoms with Gasteiger partial charge in [0.2, 0.25) is 0 Å². The average molecular weight is 297 g/mol. The molecule has 0 saturated heterocycles. The summed E-state index contributed by atoms with van der Waals surface area (Å²) in [5.74, 6) is -0.317. The van der Waals surface area contributed by atoms with Crippen LogP contribution in [0.1, 0.15) is 17.3 Å². The predicted octanol–water partition coefficient (Wildman–Crippen LogP) is 0.764. The largest absolute Gasteiger partial charge is 0.394 e. The Morgan fingerprint density at radius 3 is 2.76 bits per heavy atom. The summed E-state index contributed by atoms with van der Waals surface area (Å²) in [5, 5.41) is 25.7. The number of nitro groups is 1. The Bertz CT molecular complexity index is 507. The number of anilines is 1. The van der Waals surface area contributed by atoms with Gasteiger partial charge in [-0.1, -0.05) is 0 Å². The van der Waals surface area contributed by atoms with Crippen LogP contribution in [0.3, 0.4) is 0 Å². The fourth-order valence-electron chi connectivity index (χ4n) is 1.78. The van der Waals surface area contributed by atoms with Gasteiger partial charge in [0.15, 0.2) is 0 Å². The zero-order chi connectivity index (χ0) is 15.8. The topological polar surface area (TPSA) is 114 Å². The maximum atomic E-state index is 11.8. The molecule has 0 heterocycles. The molecular formula is C13H19N3O5. The van der Waals surface area contributed by atoms with Crippen LogP contribution in [0.25, 0.3) is 0 Å². The lowest BCUT2D eigenvalue weighted by atomic mass is 10.1. The third kappa shape index (κ3) is 4.69. The van der Waals surface area contributed by atoms with E-state index in [0.717, 1.165) is 0 Å². The molecule has 0 radical (unpaired) electrons. The summed E-state index contributed by atoms with van der Waals surface area (Å²) < 4.78 is 4.91. The van der Waals surface area contributed by atoms with E-state index in [4.69, 9.17) is 4.74 Å². The second-order valence-corrected chi connectivity index (χ2v) is 4.33. The number of rotatable bonds is 8. The minimum Gasteiger partial charge on any atom is -0.394 e. The molecule has 0 aliphatic heterocycles. The van der Waals surface area contributed by atoms with Gasteiger partial charge in [0.1, 0.15) is 5.69 Å². The molecule has 0 aliphatic rings. The van der Waals surface area contributed by atoms with Gasteiger partial charge in [-0.2, -0.15) is 0 Å². The minimum absolute atomic E-state index is 0.167. The lowest BCUT2D eigenvalue weighted by molar-refractivity contribution is -0.384. The van der Waals surface area contributed by atoms with E-state index in [-0.39, 0.29) is 30.5 Å². The molecule has 8 nitrogen and oxygen atoms in total. The van der Waals surface area contributed by atoms with Crippen molar-refractivity contribution < 1.29 is 19.6 Å². The summed E-state index contributed by atoms with van der Waals surface area (Å²) in [6.07, 6.45) is 0. The van der Waals surface area contributed by atoms with Gasteiger partial charge in [0, 0.05) is 25.3 Å². The zero-order valence-electron chi connectivity index (χ0n) is 12.0. The van der Waals surface area contributed by atoms with Crippen LogP contribution in [0.5, 0.6) is 0 Å². The van der Waals surface area contributed by atoms with Gasteiger partial charge in [0.05, 0.1) is 24.2 Å². The molecule has 0 aliphatic carbocycles. The van der Waals surface area contributed by atoms with Crippen LogP contribution in [-0.2, 0) is 4.74 Å². The number of nitrogens with one attached hydrogen (secondary N) is 2. The van der Waals surface area contributed by atoms with Gasteiger partial charge < -0.3 is 20.5 Å². The van der Waals surface area contributed by atoms with E-state index in [1.807, 2.05) is 0 Å². The van der Waals surface area contributed by atoms with Crippen molar-refractivity contribution in [2.24, 2.45) is 0 Å². The predicted molar refractivity (Wildman–Crippen MR) is 77.5 cm³/mol. The minimum atomic E-state index is -0.551. The van der Waals surface area contributed by atoms with Gasteiger partial charge in [0.25, 0.3) is 11.6 Å². The Morgan fingerprint density at radius 1 is 1.52 bits per heavy atom. The van der Waals surface area contributed by atoms with E-state index in [0.29, 0.717) is 12.1 Å². The normalized spacial score (nSPS) is 11.8. The van der Waals surface area contributed by atoms with Crippen molar-refractivity contribution in [1.82, 2.24) is 5.32 Å². The van der Waals surface area contributed by atoms with Crippen molar-refractivity contribution >= 4 is 17.3 Å². The van der Waals surface area contributed by atoms with Gasteiger partial charge in [-0.25, -0.2) is 0 Å². The Labute approximate surface area is 122 Å². The van der Waals surface area contributed by atoms with Crippen molar-refractivity contribution in [2.45, 2.75) is 13.0 Å². The molecule has 1 aromatic rings. The summed E-state index contributed by atoms with van der Waals surface area (Å²) >= 11 is 0. The fraction of sp³-hybridized carbons (Fsp3) is 0.462. The van der Waals surface area contributed by atoms with Gasteiger partial charge in [-0.3, -0.25) is 14.9 Å². The Kier molecular flexibility index (Phi) is 6.57. The van der Waals surface area contributed by atoms with Crippen LogP contribution in [-0.4, -0.2) is 48.8 Å². The number of hydrogen-bond acceptors (Lipinski definition) is 6. The number of benzene rings is 1. The van der Waals surface area contributed by atoms with E-state index in [1.165, 1.54) is 25.3 Å². The maximum Gasteiger partial charge on any atom is 0.292 e. The highest BCUT2D eigenvalue weighted by Crippen LogP contribution is 2.26. The van der Waals surface area contributed by atoms with Gasteiger partial charge >= 0.3 is 0 Å². The van der Waals surface area contributed by atoms with Gasteiger partial charge in [-0.05, 0) is 19.1 Å². The van der Waals surface area contributed by atoms with E-state index in [9.17, 15) is 20.0 Å². The molecule has 0 saturated carbocycles. The van der Waals surface area contributed by atoms with Crippen molar-refractivity contribution in [3.05, 3.63) is 33.9 Å². The Balaban J connectivity index is 3.09. The van der Waals surface area contributed by atoms with Crippen LogP contribution in [0.4, 0.5) is 11.4 Å². The fourth-order valence-corrected chi connectivity index (χ4v) is 1.78. The molecule has 1 unspecified atom stereocenters. The van der Waals surface area contributed by atoms with Crippen molar-refractivity contribution in [3.8, 4) is 0 Å². The summed E-state index contributed by atoms with van der Waals surface area (Å²) in [6, 6.07) is 3.53.